The zero-order valence-corrected chi connectivity index (χ0v) is 13.0. The van der Waals surface area contributed by atoms with E-state index >= 15 is 0 Å². The van der Waals surface area contributed by atoms with Gasteiger partial charge in [-0.15, -0.1) is 0 Å². The number of allylic oxidation sites excluding steroid dienone is 4. The van der Waals surface area contributed by atoms with E-state index in [2.05, 4.69) is 12.1 Å². The third-order valence-electron chi connectivity index (χ3n) is 2.67. The fraction of sp³-hybridized carbons (Fsp3) is 0.0556. The molecule has 2 aromatic carbocycles. The summed E-state index contributed by atoms with van der Waals surface area (Å²) in [5, 5.41) is 0. The van der Waals surface area contributed by atoms with Crippen molar-refractivity contribution in [3.8, 4) is 0 Å². The summed E-state index contributed by atoms with van der Waals surface area (Å²) in [5.74, 6) is 0.118. The second kappa shape index (κ2) is 7.64. The van der Waals surface area contributed by atoms with E-state index in [1.165, 1.54) is 4.46 Å². The molecule has 0 amide bonds. The van der Waals surface area contributed by atoms with Gasteiger partial charge in [-0.1, -0.05) is 0 Å². The molecule has 0 spiro atoms. The zero-order valence-electron chi connectivity index (χ0n) is 11.3. The van der Waals surface area contributed by atoms with Gasteiger partial charge in [-0.05, 0) is 0 Å². The van der Waals surface area contributed by atoms with E-state index in [4.69, 9.17) is 0 Å². The average molecular weight is 327 g/mol. The van der Waals surface area contributed by atoms with Gasteiger partial charge in [-0.25, -0.2) is 0 Å². The van der Waals surface area contributed by atoms with Gasteiger partial charge in [-0.3, -0.25) is 0 Å². The van der Waals surface area contributed by atoms with Crippen molar-refractivity contribution in [3.63, 3.8) is 0 Å². The van der Waals surface area contributed by atoms with E-state index < -0.39 is 0 Å². The van der Waals surface area contributed by atoms with Crippen LogP contribution in [0, 0.1) is 0 Å². The fourth-order valence-electron chi connectivity index (χ4n) is 1.69. The van der Waals surface area contributed by atoms with Gasteiger partial charge in [0.1, 0.15) is 0 Å². The van der Waals surface area contributed by atoms with Crippen LogP contribution in [-0.4, -0.2) is 20.7 Å². The molecule has 0 aliphatic rings. The molecule has 2 aromatic rings. The minimum absolute atomic E-state index is 0.0215. The van der Waals surface area contributed by atoms with E-state index in [-0.39, 0.29) is 20.7 Å². The Hall–Kier alpha value is -1.89. The van der Waals surface area contributed by atoms with Crippen molar-refractivity contribution in [2.24, 2.45) is 0 Å². The first-order valence-corrected chi connectivity index (χ1v) is 8.18. The van der Waals surface area contributed by atoms with Crippen LogP contribution in [0.15, 0.2) is 83.4 Å². The van der Waals surface area contributed by atoms with Crippen LogP contribution in [0.2, 0.25) is 0 Å². The Labute approximate surface area is 126 Å². The van der Waals surface area contributed by atoms with Crippen LogP contribution in [0.3, 0.4) is 0 Å². The number of hydrogen-bond acceptors (Lipinski definition) is 1. The van der Waals surface area contributed by atoms with Crippen molar-refractivity contribution >= 4 is 25.2 Å². The first-order valence-electron chi connectivity index (χ1n) is 6.47. The molecule has 0 aliphatic heterocycles. The van der Waals surface area contributed by atoms with Crippen molar-refractivity contribution in [2.75, 3.05) is 0 Å². The molecule has 0 fully saturated rings. The summed E-state index contributed by atoms with van der Waals surface area (Å²) in [6.07, 6.45) is 5.81. The Bertz CT molecular complexity index is 612. The van der Waals surface area contributed by atoms with E-state index in [9.17, 15) is 4.79 Å². The number of hydrogen-bond donors (Lipinski definition) is 0. The quantitative estimate of drug-likeness (QED) is 0.356. The number of ketones is 1. The molecule has 0 saturated carbocycles. The maximum absolute atomic E-state index is 12.6. The Kier molecular flexibility index (Phi) is 5.54. The molecule has 0 atom stereocenters. The molecule has 1 nitrogen and oxygen atoms in total. The van der Waals surface area contributed by atoms with Gasteiger partial charge in [-0.2, -0.15) is 0 Å². The fourth-order valence-corrected chi connectivity index (χ4v) is 3.58. The molecular weight excluding hydrogens is 311 g/mol. The molecule has 0 N–H and O–H groups in total. The summed E-state index contributed by atoms with van der Waals surface area (Å²) in [6, 6.07) is 19.6. The van der Waals surface area contributed by atoms with Crippen LogP contribution in [-0.2, 0) is 0 Å². The topological polar surface area (TPSA) is 17.1 Å². The maximum atomic E-state index is 12.6. The summed E-state index contributed by atoms with van der Waals surface area (Å²) >= 11 is 0.0215. The number of carbonyl (C=O) groups is 1. The van der Waals surface area contributed by atoms with Gasteiger partial charge in [0.05, 0.1) is 0 Å². The monoisotopic (exact) mass is 328 g/mol. The third-order valence-corrected chi connectivity index (χ3v) is 4.87. The predicted octanol–water partition coefficient (Wildman–Crippen LogP) is 3.36. The molecular formula is C18H16OSe. The van der Waals surface area contributed by atoms with Crippen LogP contribution < -0.4 is 4.46 Å². The van der Waals surface area contributed by atoms with E-state index in [0.717, 1.165) is 10.0 Å². The minimum atomic E-state index is 0.0215. The Morgan fingerprint density at radius 3 is 2.15 bits per heavy atom. The second-order valence-electron chi connectivity index (χ2n) is 4.17. The average Bonchev–Trinajstić information content (AvgIpc) is 2.52. The van der Waals surface area contributed by atoms with Crippen molar-refractivity contribution in [3.05, 3.63) is 88.9 Å². The molecule has 0 heterocycles. The summed E-state index contributed by atoms with van der Waals surface area (Å²) in [4.78, 5) is 12.6. The van der Waals surface area contributed by atoms with Crippen LogP contribution in [0.5, 0.6) is 0 Å². The predicted molar refractivity (Wildman–Crippen MR) is 85.5 cm³/mol. The molecule has 0 radical (unpaired) electrons. The number of benzene rings is 2. The Morgan fingerprint density at radius 1 is 0.950 bits per heavy atom. The molecule has 20 heavy (non-hydrogen) atoms. The molecule has 0 bridgehead atoms. The number of Topliss-reactive ketones (excluding diaryl/α,β-unsaturated/α-hetero) is 1. The normalized spacial score (nSPS) is 11.8. The summed E-state index contributed by atoms with van der Waals surface area (Å²) in [7, 11) is 0. The van der Waals surface area contributed by atoms with E-state index in [1.807, 2.05) is 73.7 Å². The van der Waals surface area contributed by atoms with E-state index in [0.29, 0.717) is 0 Å². The Morgan fingerprint density at radius 2 is 1.55 bits per heavy atom. The summed E-state index contributed by atoms with van der Waals surface area (Å²) < 4.78 is 2.08. The summed E-state index contributed by atoms with van der Waals surface area (Å²) in [6.45, 7) is 1.95. The van der Waals surface area contributed by atoms with Crippen molar-refractivity contribution in [1.82, 2.24) is 0 Å². The van der Waals surface area contributed by atoms with Crippen molar-refractivity contribution in [2.45, 2.75) is 6.92 Å². The van der Waals surface area contributed by atoms with Crippen LogP contribution in [0.25, 0.3) is 0 Å². The number of carbonyl (C=O) groups excluding carboxylic acids is 1. The molecule has 0 unspecified atom stereocenters. The van der Waals surface area contributed by atoms with Gasteiger partial charge in [0.25, 0.3) is 0 Å². The van der Waals surface area contributed by atoms with E-state index in [1.54, 1.807) is 0 Å². The summed E-state index contributed by atoms with van der Waals surface area (Å²) in [5.41, 5.74) is 0.751. The standard InChI is InChI=1S/C18H16OSe/c1-2-3-14-17(20-16-12-8-5-9-13-16)18(19)15-10-6-4-7-11-15/h2-14H,1H3/b3-2+,17-14-. The van der Waals surface area contributed by atoms with Gasteiger partial charge in [0.15, 0.2) is 0 Å². The molecule has 2 heteroatoms. The molecule has 0 saturated heterocycles. The van der Waals surface area contributed by atoms with Crippen molar-refractivity contribution in [1.29, 1.82) is 0 Å². The Balaban J connectivity index is 2.27. The molecule has 100 valence electrons. The number of rotatable bonds is 5. The molecule has 0 aliphatic carbocycles. The van der Waals surface area contributed by atoms with Gasteiger partial charge in [0.2, 0.25) is 0 Å². The second-order valence-corrected chi connectivity index (χ2v) is 6.51. The molecule has 0 aromatic heterocycles. The van der Waals surface area contributed by atoms with Crippen LogP contribution in [0.1, 0.15) is 17.3 Å². The zero-order chi connectivity index (χ0) is 14.2. The molecule has 2 rings (SSSR count). The SMILES string of the molecule is C/C=C/C=C(\[Se]c1ccccc1)C(=O)c1ccccc1. The van der Waals surface area contributed by atoms with Gasteiger partial charge >= 0.3 is 126 Å². The third kappa shape index (κ3) is 4.06. The van der Waals surface area contributed by atoms with Crippen LogP contribution >= 0.6 is 0 Å². The van der Waals surface area contributed by atoms with Crippen molar-refractivity contribution < 1.29 is 4.79 Å². The first-order chi connectivity index (χ1) is 9.81. The van der Waals surface area contributed by atoms with Crippen LogP contribution in [0.4, 0.5) is 0 Å². The van der Waals surface area contributed by atoms with Gasteiger partial charge < -0.3 is 0 Å². The van der Waals surface area contributed by atoms with Gasteiger partial charge in [0, 0.05) is 0 Å². The first kappa shape index (κ1) is 14.5.